The average Bonchev–Trinajstić information content (AvgIpc) is 2.87. The third kappa shape index (κ3) is 2.92. The van der Waals surface area contributed by atoms with Crippen molar-refractivity contribution in [2.75, 3.05) is 29.1 Å². The van der Waals surface area contributed by atoms with Crippen LogP contribution in [-0.2, 0) is 4.79 Å². The maximum absolute atomic E-state index is 12.6. The van der Waals surface area contributed by atoms with Crippen molar-refractivity contribution in [1.82, 2.24) is 0 Å². The fourth-order valence-electron chi connectivity index (χ4n) is 3.10. The van der Waals surface area contributed by atoms with Crippen LogP contribution in [0.4, 0.5) is 17.1 Å². The number of rotatable bonds is 2. The molecule has 26 heavy (non-hydrogen) atoms. The van der Waals surface area contributed by atoms with E-state index in [9.17, 15) is 9.59 Å². The minimum Gasteiger partial charge on any atom is -0.449 e. The lowest BCUT2D eigenvalue weighted by atomic mass is 10.1. The molecule has 7 heteroatoms. The highest BCUT2D eigenvalue weighted by atomic mass is 16.7. The first-order valence-electron chi connectivity index (χ1n) is 8.29. The zero-order valence-corrected chi connectivity index (χ0v) is 14.8. The summed E-state index contributed by atoms with van der Waals surface area (Å²) in [7, 11) is 1.84. The topological polar surface area (TPSA) is 79.9 Å². The van der Waals surface area contributed by atoms with Gasteiger partial charge in [0.05, 0.1) is 17.9 Å². The number of hydrogen-bond donors (Lipinski definition) is 2. The van der Waals surface area contributed by atoms with E-state index in [1.54, 1.807) is 30.3 Å². The fraction of sp³-hybridized carbons (Fsp3) is 0.263. The standard InChI is InChI=1S/C19H19N3O4/c1-19(2)25-15-7-5-12(9-16(15)26-19)20-18(24)11-4-6-14-13(8-11)21-17(23)10-22(14)3/h4-9H,10H2,1-3H3,(H,20,24)(H,21,23). The Morgan fingerprint density at radius 1 is 1.15 bits per heavy atom. The molecule has 134 valence electrons. The van der Waals surface area contributed by atoms with Gasteiger partial charge in [-0.25, -0.2) is 0 Å². The molecule has 2 aliphatic heterocycles. The van der Waals surface area contributed by atoms with Crippen molar-refractivity contribution >= 4 is 28.9 Å². The van der Waals surface area contributed by atoms with Crippen molar-refractivity contribution < 1.29 is 19.1 Å². The first-order valence-corrected chi connectivity index (χ1v) is 8.29. The third-order valence-electron chi connectivity index (χ3n) is 4.24. The van der Waals surface area contributed by atoms with Gasteiger partial charge in [0.15, 0.2) is 11.5 Å². The molecule has 2 aliphatic rings. The summed E-state index contributed by atoms with van der Waals surface area (Å²) in [6, 6.07) is 10.5. The first-order chi connectivity index (χ1) is 12.3. The number of carbonyl (C=O) groups is 2. The van der Waals surface area contributed by atoms with Gasteiger partial charge in [-0.3, -0.25) is 9.59 Å². The predicted molar refractivity (Wildman–Crippen MR) is 98.1 cm³/mol. The normalized spacial score (nSPS) is 16.7. The number of hydrogen-bond acceptors (Lipinski definition) is 5. The Morgan fingerprint density at radius 3 is 2.73 bits per heavy atom. The second kappa shape index (κ2) is 5.66. The second-order valence-electron chi connectivity index (χ2n) is 6.86. The Bertz CT molecular complexity index is 923. The number of nitrogens with one attached hydrogen (secondary N) is 2. The largest absolute Gasteiger partial charge is 0.449 e. The van der Waals surface area contributed by atoms with Gasteiger partial charge in [0.2, 0.25) is 11.7 Å². The van der Waals surface area contributed by atoms with Crippen molar-refractivity contribution in [3.63, 3.8) is 0 Å². The van der Waals surface area contributed by atoms with Crippen molar-refractivity contribution in [3.05, 3.63) is 42.0 Å². The summed E-state index contributed by atoms with van der Waals surface area (Å²) >= 11 is 0. The smallest absolute Gasteiger partial charge is 0.255 e. The van der Waals surface area contributed by atoms with Crippen LogP contribution in [0.15, 0.2) is 36.4 Å². The van der Waals surface area contributed by atoms with Crippen molar-refractivity contribution in [1.29, 1.82) is 0 Å². The number of benzene rings is 2. The van der Waals surface area contributed by atoms with E-state index in [4.69, 9.17) is 9.47 Å². The number of anilines is 3. The van der Waals surface area contributed by atoms with Gasteiger partial charge in [-0.15, -0.1) is 0 Å². The van der Waals surface area contributed by atoms with Gasteiger partial charge >= 0.3 is 0 Å². The first kappa shape index (κ1) is 16.3. The summed E-state index contributed by atoms with van der Waals surface area (Å²) in [5.74, 6) is 0.150. The zero-order chi connectivity index (χ0) is 18.5. The quantitative estimate of drug-likeness (QED) is 0.868. The molecule has 7 nitrogen and oxygen atoms in total. The van der Waals surface area contributed by atoms with Crippen LogP contribution >= 0.6 is 0 Å². The van der Waals surface area contributed by atoms with Gasteiger partial charge in [-0.1, -0.05) is 0 Å². The molecule has 0 saturated carbocycles. The predicted octanol–water partition coefficient (Wildman–Crippen LogP) is 2.83. The Hall–Kier alpha value is -3.22. The van der Waals surface area contributed by atoms with E-state index in [2.05, 4.69) is 10.6 Å². The molecule has 0 unspecified atom stereocenters. The molecule has 2 heterocycles. The fourth-order valence-corrected chi connectivity index (χ4v) is 3.10. The van der Waals surface area contributed by atoms with Crippen molar-refractivity contribution in [2.24, 2.45) is 0 Å². The van der Waals surface area contributed by atoms with E-state index < -0.39 is 5.79 Å². The van der Waals surface area contributed by atoms with Gasteiger partial charge < -0.3 is 25.0 Å². The summed E-state index contributed by atoms with van der Waals surface area (Å²) in [5.41, 5.74) is 2.57. The summed E-state index contributed by atoms with van der Waals surface area (Å²) in [6.45, 7) is 3.94. The van der Waals surface area contributed by atoms with Crippen LogP contribution in [0.5, 0.6) is 11.5 Å². The Kier molecular flexibility index (Phi) is 3.54. The van der Waals surface area contributed by atoms with E-state index in [1.165, 1.54) is 0 Å². The highest BCUT2D eigenvalue weighted by Crippen LogP contribution is 2.40. The SMILES string of the molecule is CN1CC(=O)Nc2cc(C(=O)Nc3ccc4c(c3)OC(C)(C)O4)ccc21. The third-order valence-corrected chi connectivity index (χ3v) is 4.24. The molecular weight excluding hydrogens is 334 g/mol. The second-order valence-corrected chi connectivity index (χ2v) is 6.86. The maximum Gasteiger partial charge on any atom is 0.255 e. The lowest BCUT2D eigenvalue weighted by molar-refractivity contribution is -0.115. The van der Waals surface area contributed by atoms with Gasteiger partial charge in [-0.2, -0.15) is 0 Å². The van der Waals surface area contributed by atoms with Crippen LogP contribution in [0.3, 0.4) is 0 Å². The molecule has 0 bridgehead atoms. The Balaban J connectivity index is 1.55. The number of ether oxygens (including phenoxy) is 2. The molecule has 4 rings (SSSR count). The summed E-state index contributed by atoms with van der Waals surface area (Å²) in [4.78, 5) is 26.1. The number of likely N-dealkylation sites (N-methyl/N-ethyl adjacent to an activating group) is 1. The number of amides is 2. The molecule has 0 aliphatic carbocycles. The number of carbonyl (C=O) groups excluding carboxylic acids is 2. The monoisotopic (exact) mass is 353 g/mol. The molecule has 0 aromatic heterocycles. The van der Waals surface area contributed by atoms with Crippen LogP contribution < -0.4 is 25.0 Å². The molecule has 0 saturated heterocycles. The van der Waals surface area contributed by atoms with Crippen LogP contribution in [-0.4, -0.2) is 31.2 Å². The number of nitrogens with zero attached hydrogens (tertiary/aromatic N) is 1. The Morgan fingerprint density at radius 2 is 1.92 bits per heavy atom. The van der Waals surface area contributed by atoms with E-state index in [1.807, 2.05) is 31.9 Å². The Labute approximate surface area is 150 Å². The average molecular weight is 353 g/mol. The van der Waals surface area contributed by atoms with Crippen molar-refractivity contribution in [3.8, 4) is 11.5 Å². The van der Waals surface area contributed by atoms with Gasteiger partial charge in [0.1, 0.15) is 0 Å². The minimum atomic E-state index is -0.715. The minimum absolute atomic E-state index is 0.101. The summed E-state index contributed by atoms with van der Waals surface area (Å²) in [6.07, 6.45) is 0. The lowest BCUT2D eigenvalue weighted by Gasteiger charge is -2.27. The maximum atomic E-state index is 12.6. The summed E-state index contributed by atoms with van der Waals surface area (Å²) < 4.78 is 11.3. The van der Waals surface area contributed by atoms with Gasteiger partial charge in [0.25, 0.3) is 5.91 Å². The molecule has 2 amide bonds. The van der Waals surface area contributed by atoms with E-state index in [-0.39, 0.29) is 11.8 Å². The van der Waals surface area contributed by atoms with E-state index in [0.29, 0.717) is 35.0 Å². The summed E-state index contributed by atoms with van der Waals surface area (Å²) in [5, 5.41) is 5.64. The molecular formula is C19H19N3O4. The van der Waals surface area contributed by atoms with Crippen LogP contribution in [0, 0.1) is 0 Å². The van der Waals surface area contributed by atoms with E-state index >= 15 is 0 Å². The molecule has 0 radical (unpaired) electrons. The van der Waals surface area contributed by atoms with Crippen LogP contribution in [0.25, 0.3) is 0 Å². The molecule has 0 spiro atoms. The highest BCUT2D eigenvalue weighted by molar-refractivity contribution is 6.08. The van der Waals surface area contributed by atoms with Gasteiger partial charge in [0, 0.05) is 38.2 Å². The molecule has 0 fully saturated rings. The lowest BCUT2D eigenvalue weighted by Crippen LogP contribution is -2.35. The molecule has 2 aromatic carbocycles. The highest BCUT2D eigenvalue weighted by Gasteiger charge is 2.31. The molecule has 2 N–H and O–H groups in total. The zero-order valence-electron chi connectivity index (χ0n) is 14.8. The van der Waals surface area contributed by atoms with Crippen molar-refractivity contribution in [2.45, 2.75) is 19.6 Å². The molecule has 0 atom stereocenters. The van der Waals surface area contributed by atoms with Crippen LogP contribution in [0.2, 0.25) is 0 Å². The van der Waals surface area contributed by atoms with E-state index in [0.717, 1.165) is 5.69 Å². The van der Waals surface area contributed by atoms with Crippen LogP contribution in [0.1, 0.15) is 24.2 Å². The number of fused-ring (bicyclic) bond motifs is 2. The molecule has 2 aromatic rings. The van der Waals surface area contributed by atoms with Gasteiger partial charge in [-0.05, 0) is 30.3 Å².